The Balaban J connectivity index is 2.57. The second-order valence-electron chi connectivity index (χ2n) is 2.69. The van der Waals surface area contributed by atoms with Crippen LogP contribution in [0.5, 0.6) is 0 Å². The van der Waals surface area contributed by atoms with Crippen LogP contribution in [0.2, 0.25) is 0 Å². The van der Waals surface area contributed by atoms with Gasteiger partial charge in [-0.25, -0.2) is 4.79 Å². The Morgan fingerprint density at radius 1 is 1.33 bits per heavy atom. The third-order valence-electron chi connectivity index (χ3n) is 1.69. The molecule has 0 spiro atoms. The number of hydrogen-bond acceptors (Lipinski definition) is 4. The number of carboxylic acid groups (broad SMARTS) is 1. The van der Waals surface area contributed by atoms with Gasteiger partial charge in [0.05, 0.1) is 18.4 Å². The Labute approximate surface area is 91.2 Å². The molecule has 0 saturated carbocycles. The predicted octanol–water partition coefficient (Wildman–Crippen LogP) is 1.65. The Morgan fingerprint density at radius 2 is 1.93 bits per heavy atom. The van der Waals surface area contributed by atoms with Crippen LogP contribution in [-0.2, 0) is 9.53 Å². The molecule has 4 nitrogen and oxygen atoms in total. The average molecular weight is 226 g/mol. The van der Waals surface area contributed by atoms with Gasteiger partial charge in [-0.05, 0) is 24.3 Å². The summed E-state index contributed by atoms with van der Waals surface area (Å²) >= 11 is 1.31. The minimum Gasteiger partial charge on any atom is -0.478 e. The highest BCUT2D eigenvalue weighted by Crippen LogP contribution is 2.18. The van der Waals surface area contributed by atoms with Gasteiger partial charge in [0.1, 0.15) is 0 Å². The molecule has 1 rings (SSSR count). The summed E-state index contributed by atoms with van der Waals surface area (Å²) in [5.74, 6) is -1.04. The number of benzene rings is 1. The second kappa shape index (κ2) is 5.41. The van der Waals surface area contributed by atoms with Gasteiger partial charge in [-0.3, -0.25) is 4.79 Å². The number of aromatic carboxylic acids is 1. The summed E-state index contributed by atoms with van der Waals surface area (Å²) in [6, 6.07) is 6.33. The minimum atomic E-state index is -0.959. The third-order valence-corrected chi connectivity index (χ3v) is 2.67. The van der Waals surface area contributed by atoms with E-state index in [9.17, 15) is 9.59 Å². The van der Waals surface area contributed by atoms with E-state index in [-0.39, 0.29) is 17.3 Å². The van der Waals surface area contributed by atoms with Crippen molar-refractivity contribution in [3.63, 3.8) is 0 Å². The number of carboxylic acids is 1. The van der Waals surface area contributed by atoms with E-state index >= 15 is 0 Å². The van der Waals surface area contributed by atoms with Crippen LogP contribution in [0.1, 0.15) is 10.4 Å². The zero-order valence-electron chi connectivity index (χ0n) is 8.10. The van der Waals surface area contributed by atoms with Crippen molar-refractivity contribution in [1.82, 2.24) is 0 Å². The van der Waals surface area contributed by atoms with Crippen LogP contribution in [0.25, 0.3) is 0 Å². The highest BCUT2D eigenvalue weighted by Gasteiger charge is 2.04. The summed E-state index contributed by atoms with van der Waals surface area (Å²) in [6.45, 7) is 0. The molecule has 15 heavy (non-hydrogen) atoms. The number of esters is 1. The predicted molar refractivity (Wildman–Crippen MR) is 56.1 cm³/mol. The van der Waals surface area contributed by atoms with Gasteiger partial charge in [-0.15, -0.1) is 11.8 Å². The molecule has 5 heteroatoms. The zero-order chi connectivity index (χ0) is 11.3. The number of hydrogen-bond donors (Lipinski definition) is 1. The fourth-order valence-corrected chi connectivity index (χ4v) is 1.63. The number of thioether (sulfide) groups is 1. The fourth-order valence-electron chi connectivity index (χ4n) is 0.895. The van der Waals surface area contributed by atoms with Gasteiger partial charge in [0, 0.05) is 4.90 Å². The van der Waals surface area contributed by atoms with E-state index in [2.05, 4.69) is 4.74 Å². The van der Waals surface area contributed by atoms with Crippen LogP contribution in [0, 0.1) is 0 Å². The lowest BCUT2D eigenvalue weighted by molar-refractivity contribution is -0.137. The maximum atomic E-state index is 10.8. The quantitative estimate of drug-likeness (QED) is 0.624. The summed E-state index contributed by atoms with van der Waals surface area (Å²) in [5.41, 5.74) is 0.234. The molecule has 0 fully saturated rings. The normalized spacial score (nSPS) is 9.67. The van der Waals surface area contributed by atoms with E-state index < -0.39 is 5.97 Å². The highest BCUT2D eigenvalue weighted by molar-refractivity contribution is 8.00. The first-order chi connectivity index (χ1) is 7.13. The van der Waals surface area contributed by atoms with E-state index in [1.807, 2.05) is 0 Å². The number of ether oxygens (including phenoxy) is 1. The smallest absolute Gasteiger partial charge is 0.335 e. The number of rotatable bonds is 4. The first-order valence-corrected chi connectivity index (χ1v) is 5.15. The van der Waals surface area contributed by atoms with Crippen LogP contribution >= 0.6 is 11.8 Å². The van der Waals surface area contributed by atoms with Gasteiger partial charge in [-0.2, -0.15) is 0 Å². The van der Waals surface area contributed by atoms with Crippen LogP contribution in [0.3, 0.4) is 0 Å². The van der Waals surface area contributed by atoms with Crippen molar-refractivity contribution >= 4 is 23.7 Å². The SMILES string of the molecule is COC(=O)CSc1ccc(C(=O)O)cc1. The lowest BCUT2D eigenvalue weighted by Gasteiger charge is -2.00. The van der Waals surface area contributed by atoms with Crippen molar-refractivity contribution in [2.24, 2.45) is 0 Å². The van der Waals surface area contributed by atoms with Gasteiger partial charge in [0.15, 0.2) is 0 Å². The molecule has 0 amide bonds. The van der Waals surface area contributed by atoms with Crippen molar-refractivity contribution in [3.05, 3.63) is 29.8 Å². The molecular weight excluding hydrogens is 216 g/mol. The monoisotopic (exact) mass is 226 g/mol. The molecule has 0 aliphatic heterocycles. The van der Waals surface area contributed by atoms with E-state index in [4.69, 9.17) is 5.11 Å². The summed E-state index contributed by atoms with van der Waals surface area (Å²) in [7, 11) is 1.33. The van der Waals surface area contributed by atoms with Gasteiger partial charge >= 0.3 is 11.9 Å². The molecule has 80 valence electrons. The second-order valence-corrected chi connectivity index (χ2v) is 3.74. The standard InChI is InChI=1S/C10H10O4S/c1-14-9(11)6-15-8-4-2-7(3-5-8)10(12)13/h2-5H,6H2,1H3,(H,12,13). The fraction of sp³-hybridized carbons (Fsp3) is 0.200. The number of carbonyl (C=O) groups excluding carboxylic acids is 1. The highest BCUT2D eigenvalue weighted by atomic mass is 32.2. The molecular formula is C10H10O4S. The molecule has 0 bridgehead atoms. The Kier molecular flexibility index (Phi) is 4.17. The van der Waals surface area contributed by atoms with Crippen molar-refractivity contribution in [3.8, 4) is 0 Å². The lowest BCUT2D eigenvalue weighted by atomic mass is 10.2. The lowest BCUT2D eigenvalue weighted by Crippen LogP contribution is -2.02. The summed E-state index contributed by atoms with van der Waals surface area (Å²) < 4.78 is 4.48. The van der Waals surface area contributed by atoms with E-state index in [0.717, 1.165) is 4.90 Å². The summed E-state index contributed by atoms with van der Waals surface area (Å²) in [5, 5.41) is 8.65. The molecule has 0 atom stereocenters. The molecule has 0 aliphatic carbocycles. The van der Waals surface area contributed by atoms with Crippen LogP contribution in [0.15, 0.2) is 29.2 Å². The third kappa shape index (κ3) is 3.63. The zero-order valence-corrected chi connectivity index (χ0v) is 8.91. The maximum Gasteiger partial charge on any atom is 0.335 e. The van der Waals surface area contributed by atoms with E-state index in [0.29, 0.717) is 0 Å². The Hall–Kier alpha value is -1.49. The molecule has 0 aliphatic rings. The van der Waals surface area contributed by atoms with Gasteiger partial charge in [-0.1, -0.05) is 0 Å². The maximum absolute atomic E-state index is 10.8. The molecule has 0 aromatic heterocycles. The van der Waals surface area contributed by atoms with Crippen molar-refractivity contribution in [2.45, 2.75) is 4.90 Å². The first kappa shape index (κ1) is 11.6. The molecule has 0 unspecified atom stereocenters. The molecule has 0 radical (unpaired) electrons. The topological polar surface area (TPSA) is 63.6 Å². The van der Waals surface area contributed by atoms with Crippen LogP contribution in [-0.4, -0.2) is 29.9 Å². The van der Waals surface area contributed by atoms with Crippen molar-refractivity contribution < 1.29 is 19.4 Å². The molecule has 0 saturated heterocycles. The minimum absolute atomic E-state index is 0.225. The molecule has 1 aromatic rings. The summed E-state index contributed by atoms with van der Waals surface area (Å²) in [4.78, 5) is 22.2. The van der Waals surface area contributed by atoms with Gasteiger partial charge < -0.3 is 9.84 Å². The molecule has 1 aromatic carbocycles. The van der Waals surface area contributed by atoms with Crippen molar-refractivity contribution in [1.29, 1.82) is 0 Å². The van der Waals surface area contributed by atoms with Gasteiger partial charge in [0.25, 0.3) is 0 Å². The molecule has 1 N–H and O–H groups in total. The number of carbonyl (C=O) groups is 2. The van der Waals surface area contributed by atoms with E-state index in [1.54, 1.807) is 12.1 Å². The number of methoxy groups -OCH3 is 1. The van der Waals surface area contributed by atoms with Crippen LogP contribution in [0.4, 0.5) is 0 Å². The molecule has 0 heterocycles. The van der Waals surface area contributed by atoms with Gasteiger partial charge in [0.2, 0.25) is 0 Å². The van der Waals surface area contributed by atoms with E-state index in [1.165, 1.54) is 31.0 Å². The Morgan fingerprint density at radius 3 is 2.40 bits per heavy atom. The average Bonchev–Trinajstić information content (AvgIpc) is 2.26. The summed E-state index contributed by atoms with van der Waals surface area (Å²) in [6.07, 6.45) is 0. The Bertz CT molecular complexity index is 358. The first-order valence-electron chi connectivity index (χ1n) is 4.16. The van der Waals surface area contributed by atoms with Crippen LogP contribution < -0.4 is 0 Å². The van der Waals surface area contributed by atoms with Crippen molar-refractivity contribution in [2.75, 3.05) is 12.9 Å². The largest absolute Gasteiger partial charge is 0.478 e.